The van der Waals surface area contributed by atoms with Gasteiger partial charge in [-0.05, 0) is 37.8 Å². The van der Waals surface area contributed by atoms with Crippen molar-refractivity contribution in [2.45, 2.75) is 46.6 Å². The third-order valence-electron chi connectivity index (χ3n) is 2.88. The fourth-order valence-corrected chi connectivity index (χ4v) is 1.82. The third-order valence-corrected chi connectivity index (χ3v) is 2.88. The van der Waals surface area contributed by atoms with Crippen LogP contribution in [0.3, 0.4) is 0 Å². The SMILES string of the molecule is Cc1cccc(CCC(C)CNC(C)C)c1. The fourth-order valence-electron chi connectivity index (χ4n) is 1.82. The first-order chi connectivity index (χ1) is 7.58. The molecule has 0 aliphatic carbocycles. The lowest BCUT2D eigenvalue weighted by Crippen LogP contribution is -2.28. The van der Waals surface area contributed by atoms with Gasteiger partial charge in [0.15, 0.2) is 0 Å². The minimum Gasteiger partial charge on any atom is -0.314 e. The summed E-state index contributed by atoms with van der Waals surface area (Å²) in [5, 5.41) is 3.49. The first-order valence-corrected chi connectivity index (χ1v) is 6.37. The zero-order valence-corrected chi connectivity index (χ0v) is 11.1. The molecule has 0 aromatic heterocycles. The van der Waals surface area contributed by atoms with E-state index in [4.69, 9.17) is 0 Å². The summed E-state index contributed by atoms with van der Waals surface area (Å²) in [5.41, 5.74) is 2.84. The molecule has 90 valence electrons. The van der Waals surface area contributed by atoms with E-state index in [0.29, 0.717) is 6.04 Å². The molecule has 0 aliphatic rings. The Bertz CT molecular complexity index is 304. The van der Waals surface area contributed by atoms with Gasteiger partial charge in [0, 0.05) is 6.04 Å². The van der Waals surface area contributed by atoms with Crippen molar-refractivity contribution < 1.29 is 0 Å². The molecule has 1 heteroatoms. The van der Waals surface area contributed by atoms with Gasteiger partial charge in [0.05, 0.1) is 0 Å². The number of benzene rings is 1. The van der Waals surface area contributed by atoms with E-state index in [-0.39, 0.29) is 0 Å². The van der Waals surface area contributed by atoms with Crippen LogP contribution < -0.4 is 5.32 Å². The molecule has 1 aromatic carbocycles. The largest absolute Gasteiger partial charge is 0.314 e. The maximum Gasteiger partial charge on any atom is 0.00104 e. The molecule has 0 saturated carbocycles. The number of nitrogens with one attached hydrogen (secondary N) is 1. The molecule has 0 amide bonds. The Balaban J connectivity index is 2.28. The van der Waals surface area contributed by atoms with E-state index in [9.17, 15) is 0 Å². The lowest BCUT2D eigenvalue weighted by Gasteiger charge is -2.14. The Morgan fingerprint density at radius 1 is 1.19 bits per heavy atom. The normalized spacial score (nSPS) is 13.1. The van der Waals surface area contributed by atoms with Crippen molar-refractivity contribution in [3.63, 3.8) is 0 Å². The third kappa shape index (κ3) is 5.32. The van der Waals surface area contributed by atoms with Crippen LogP contribution in [0.15, 0.2) is 24.3 Å². The van der Waals surface area contributed by atoms with Crippen molar-refractivity contribution >= 4 is 0 Å². The highest BCUT2D eigenvalue weighted by Crippen LogP contribution is 2.10. The molecule has 0 fully saturated rings. The maximum absolute atomic E-state index is 3.49. The predicted molar refractivity (Wildman–Crippen MR) is 71.8 cm³/mol. The van der Waals surface area contributed by atoms with Crippen molar-refractivity contribution in [3.8, 4) is 0 Å². The maximum atomic E-state index is 3.49. The second kappa shape index (κ2) is 6.70. The quantitative estimate of drug-likeness (QED) is 0.771. The Morgan fingerprint density at radius 2 is 1.94 bits per heavy atom. The molecule has 0 bridgehead atoms. The lowest BCUT2D eigenvalue weighted by atomic mass is 10.00. The van der Waals surface area contributed by atoms with Crippen LogP contribution in [-0.4, -0.2) is 12.6 Å². The van der Waals surface area contributed by atoms with Crippen molar-refractivity contribution in [2.24, 2.45) is 5.92 Å². The monoisotopic (exact) mass is 219 g/mol. The average Bonchev–Trinajstić information content (AvgIpc) is 2.23. The highest BCUT2D eigenvalue weighted by molar-refractivity contribution is 5.22. The van der Waals surface area contributed by atoms with Crippen molar-refractivity contribution in [2.75, 3.05) is 6.54 Å². The van der Waals surface area contributed by atoms with E-state index in [1.165, 1.54) is 24.0 Å². The fraction of sp³-hybridized carbons (Fsp3) is 0.600. The topological polar surface area (TPSA) is 12.0 Å². The lowest BCUT2D eigenvalue weighted by molar-refractivity contribution is 0.454. The molecule has 1 rings (SSSR count). The smallest absolute Gasteiger partial charge is 0.00104 e. The van der Waals surface area contributed by atoms with Gasteiger partial charge in [0.1, 0.15) is 0 Å². The summed E-state index contributed by atoms with van der Waals surface area (Å²) in [6, 6.07) is 9.44. The Morgan fingerprint density at radius 3 is 2.56 bits per heavy atom. The Labute approximate surface area is 100 Å². The molecule has 1 aromatic rings. The zero-order valence-electron chi connectivity index (χ0n) is 11.1. The van der Waals surface area contributed by atoms with E-state index in [1.54, 1.807) is 0 Å². The first-order valence-electron chi connectivity index (χ1n) is 6.37. The summed E-state index contributed by atoms with van der Waals surface area (Å²) in [4.78, 5) is 0. The van der Waals surface area contributed by atoms with Gasteiger partial charge in [-0.25, -0.2) is 0 Å². The van der Waals surface area contributed by atoms with Crippen LogP contribution in [0.4, 0.5) is 0 Å². The molecule has 16 heavy (non-hydrogen) atoms. The van der Waals surface area contributed by atoms with Gasteiger partial charge in [0.2, 0.25) is 0 Å². The van der Waals surface area contributed by atoms with Crippen LogP contribution in [0, 0.1) is 12.8 Å². The number of hydrogen-bond donors (Lipinski definition) is 1. The van der Waals surface area contributed by atoms with Crippen molar-refractivity contribution in [1.82, 2.24) is 5.32 Å². The second-order valence-corrected chi connectivity index (χ2v) is 5.20. The molecular weight excluding hydrogens is 194 g/mol. The highest BCUT2D eigenvalue weighted by atomic mass is 14.9. The molecule has 0 aliphatic heterocycles. The summed E-state index contributed by atoms with van der Waals surface area (Å²) in [5.74, 6) is 0.753. The van der Waals surface area contributed by atoms with Crippen molar-refractivity contribution in [3.05, 3.63) is 35.4 Å². The van der Waals surface area contributed by atoms with Crippen LogP contribution in [0.1, 0.15) is 38.3 Å². The van der Waals surface area contributed by atoms with Gasteiger partial charge in [-0.3, -0.25) is 0 Å². The first kappa shape index (κ1) is 13.2. The summed E-state index contributed by atoms with van der Waals surface area (Å²) in [7, 11) is 0. The van der Waals surface area contributed by atoms with Crippen LogP contribution >= 0.6 is 0 Å². The molecule has 0 saturated heterocycles. The van der Waals surface area contributed by atoms with Crippen LogP contribution in [0.25, 0.3) is 0 Å². The van der Waals surface area contributed by atoms with Gasteiger partial charge in [-0.2, -0.15) is 0 Å². The minimum absolute atomic E-state index is 0.599. The molecule has 1 nitrogen and oxygen atoms in total. The highest BCUT2D eigenvalue weighted by Gasteiger charge is 2.03. The molecule has 1 N–H and O–H groups in total. The van der Waals surface area contributed by atoms with E-state index in [0.717, 1.165) is 12.5 Å². The predicted octanol–water partition coefficient (Wildman–Crippen LogP) is 3.56. The summed E-state index contributed by atoms with van der Waals surface area (Å²) in [6.45, 7) is 10.0. The molecule has 0 spiro atoms. The van der Waals surface area contributed by atoms with Gasteiger partial charge in [0.25, 0.3) is 0 Å². The summed E-state index contributed by atoms with van der Waals surface area (Å²) < 4.78 is 0. The van der Waals surface area contributed by atoms with E-state index in [2.05, 4.69) is 57.3 Å². The van der Waals surface area contributed by atoms with Gasteiger partial charge in [-0.1, -0.05) is 50.6 Å². The number of aryl methyl sites for hydroxylation is 2. The average molecular weight is 219 g/mol. The van der Waals surface area contributed by atoms with Crippen LogP contribution in [0.5, 0.6) is 0 Å². The van der Waals surface area contributed by atoms with E-state index in [1.807, 2.05) is 0 Å². The number of rotatable bonds is 6. The second-order valence-electron chi connectivity index (χ2n) is 5.20. The Kier molecular flexibility index (Phi) is 5.54. The van der Waals surface area contributed by atoms with Gasteiger partial charge in [-0.15, -0.1) is 0 Å². The van der Waals surface area contributed by atoms with Gasteiger partial charge >= 0.3 is 0 Å². The minimum atomic E-state index is 0.599. The Hall–Kier alpha value is -0.820. The summed E-state index contributed by atoms with van der Waals surface area (Å²) in [6.07, 6.45) is 2.46. The molecule has 1 unspecified atom stereocenters. The molecule has 0 radical (unpaired) electrons. The standard InChI is InChI=1S/C15H25N/c1-12(2)16-11-14(4)8-9-15-7-5-6-13(3)10-15/h5-7,10,12,14,16H,8-9,11H2,1-4H3. The van der Waals surface area contributed by atoms with Crippen molar-refractivity contribution in [1.29, 1.82) is 0 Å². The molecular formula is C15H25N. The van der Waals surface area contributed by atoms with Crippen LogP contribution in [0.2, 0.25) is 0 Å². The van der Waals surface area contributed by atoms with Gasteiger partial charge < -0.3 is 5.32 Å². The molecule has 1 atom stereocenters. The number of hydrogen-bond acceptors (Lipinski definition) is 1. The van der Waals surface area contributed by atoms with E-state index >= 15 is 0 Å². The van der Waals surface area contributed by atoms with Crippen LogP contribution in [-0.2, 0) is 6.42 Å². The zero-order chi connectivity index (χ0) is 12.0. The summed E-state index contributed by atoms with van der Waals surface area (Å²) >= 11 is 0. The molecule has 0 heterocycles. The van der Waals surface area contributed by atoms with E-state index < -0.39 is 0 Å².